The molecule has 5 heterocycles. The number of amides is 1. The van der Waals surface area contributed by atoms with Gasteiger partial charge >= 0.3 is 0 Å². The Balaban J connectivity index is 1.33. The van der Waals surface area contributed by atoms with Crippen molar-refractivity contribution < 1.29 is 4.79 Å². The van der Waals surface area contributed by atoms with Crippen LogP contribution in [0.1, 0.15) is 35.4 Å². The molecule has 1 amide bonds. The molecule has 5 aromatic heterocycles. The summed E-state index contributed by atoms with van der Waals surface area (Å²) >= 11 is 3.06. The third kappa shape index (κ3) is 3.43. The molecule has 0 aromatic carbocycles. The lowest BCUT2D eigenvalue weighted by molar-refractivity contribution is 0.0942. The van der Waals surface area contributed by atoms with Crippen molar-refractivity contribution in [2.24, 2.45) is 0 Å². The monoisotopic (exact) mass is 460 g/mol. The van der Waals surface area contributed by atoms with E-state index in [2.05, 4.69) is 36.1 Å². The summed E-state index contributed by atoms with van der Waals surface area (Å²) in [5.74, 6) is 0.0122. The third-order valence-corrected chi connectivity index (χ3v) is 7.75. The summed E-state index contributed by atoms with van der Waals surface area (Å²) in [6, 6.07) is 8.22. The van der Waals surface area contributed by atoms with Crippen LogP contribution in [0.2, 0.25) is 0 Å². The standard InChI is InChI=1S/C23H20N6OS2/c30-22(27-15-3-1-2-4-15)19-7-6-18(32-19)21-16(11-26-28-21)14-5-8-20-25-12-17(29(20)13-14)23-24-9-10-31-23/h5-13,15H,1-4H2,(H,26,28)(H,27,30). The minimum Gasteiger partial charge on any atom is -0.349 e. The smallest absolute Gasteiger partial charge is 0.261 e. The predicted molar refractivity (Wildman–Crippen MR) is 127 cm³/mol. The molecule has 2 N–H and O–H groups in total. The number of nitrogens with one attached hydrogen (secondary N) is 2. The van der Waals surface area contributed by atoms with Gasteiger partial charge < -0.3 is 5.32 Å². The van der Waals surface area contributed by atoms with Crippen molar-refractivity contribution in [2.75, 3.05) is 0 Å². The Bertz CT molecular complexity index is 1390. The van der Waals surface area contributed by atoms with Crippen molar-refractivity contribution in [1.29, 1.82) is 0 Å². The highest BCUT2D eigenvalue weighted by atomic mass is 32.1. The van der Waals surface area contributed by atoms with Gasteiger partial charge in [0, 0.05) is 41.1 Å². The van der Waals surface area contributed by atoms with E-state index in [4.69, 9.17) is 0 Å². The van der Waals surface area contributed by atoms with Crippen LogP contribution >= 0.6 is 22.7 Å². The summed E-state index contributed by atoms with van der Waals surface area (Å²) in [7, 11) is 0. The molecule has 0 spiro atoms. The number of thiazole rings is 1. The zero-order valence-corrected chi connectivity index (χ0v) is 18.7. The molecule has 5 aromatic rings. The second-order valence-electron chi connectivity index (χ2n) is 7.89. The number of hydrogen-bond acceptors (Lipinski definition) is 6. The van der Waals surface area contributed by atoms with Crippen molar-refractivity contribution in [1.82, 2.24) is 29.9 Å². The molecule has 9 heteroatoms. The Morgan fingerprint density at radius 3 is 2.91 bits per heavy atom. The SMILES string of the molecule is O=C(NC1CCCC1)c1ccc(-c2n[nH]cc2-c2ccc3ncc(-c4nccs4)n3c2)s1. The molecule has 1 aliphatic carbocycles. The number of thiophene rings is 1. The summed E-state index contributed by atoms with van der Waals surface area (Å²) in [4.78, 5) is 23.3. The maximum atomic E-state index is 12.7. The number of fused-ring (bicyclic) bond motifs is 1. The van der Waals surface area contributed by atoms with E-state index >= 15 is 0 Å². The van der Waals surface area contributed by atoms with Crippen LogP contribution in [0.15, 0.2) is 54.4 Å². The highest BCUT2D eigenvalue weighted by Gasteiger charge is 2.20. The van der Waals surface area contributed by atoms with Crippen molar-refractivity contribution in [3.63, 3.8) is 0 Å². The molecule has 160 valence electrons. The molecule has 7 nitrogen and oxygen atoms in total. The van der Waals surface area contributed by atoms with E-state index in [-0.39, 0.29) is 5.91 Å². The minimum absolute atomic E-state index is 0.0122. The highest BCUT2D eigenvalue weighted by Crippen LogP contribution is 2.35. The maximum absolute atomic E-state index is 12.7. The zero-order valence-electron chi connectivity index (χ0n) is 17.1. The van der Waals surface area contributed by atoms with Gasteiger partial charge in [-0.05, 0) is 37.1 Å². The number of carbonyl (C=O) groups excluding carboxylic acids is 1. The third-order valence-electron chi connectivity index (χ3n) is 5.86. The van der Waals surface area contributed by atoms with Crippen molar-refractivity contribution in [3.05, 3.63) is 59.3 Å². The second-order valence-corrected chi connectivity index (χ2v) is 9.87. The first kappa shape index (κ1) is 19.4. The first-order chi connectivity index (χ1) is 15.8. The van der Waals surface area contributed by atoms with Crippen LogP contribution in [0.4, 0.5) is 0 Å². The largest absolute Gasteiger partial charge is 0.349 e. The van der Waals surface area contributed by atoms with Gasteiger partial charge in [-0.2, -0.15) is 5.10 Å². The highest BCUT2D eigenvalue weighted by molar-refractivity contribution is 7.17. The normalized spacial score (nSPS) is 14.4. The Hall–Kier alpha value is -3.30. The molecule has 0 saturated heterocycles. The van der Waals surface area contributed by atoms with E-state index in [1.165, 1.54) is 24.2 Å². The van der Waals surface area contributed by atoms with Gasteiger partial charge in [0.2, 0.25) is 0 Å². The lowest BCUT2D eigenvalue weighted by atomic mass is 10.1. The van der Waals surface area contributed by atoms with Gasteiger partial charge in [-0.3, -0.25) is 14.3 Å². The fraction of sp³-hybridized carbons (Fsp3) is 0.217. The summed E-state index contributed by atoms with van der Waals surface area (Å²) < 4.78 is 2.06. The summed E-state index contributed by atoms with van der Waals surface area (Å²) in [5.41, 5.74) is 4.66. The summed E-state index contributed by atoms with van der Waals surface area (Å²) in [5, 5.41) is 13.6. The van der Waals surface area contributed by atoms with E-state index in [1.54, 1.807) is 17.5 Å². The first-order valence-electron chi connectivity index (χ1n) is 10.6. The van der Waals surface area contributed by atoms with Crippen LogP contribution in [0.3, 0.4) is 0 Å². The van der Waals surface area contributed by atoms with E-state index < -0.39 is 0 Å². The molecule has 0 bridgehead atoms. The number of hydrogen-bond donors (Lipinski definition) is 2. The molecular weight excluding hydrogens is 440 g/mol. The van der Waals surface area contributed by atoms with Gasteiger partial charge in [0.15, 0.2) is 0 Å². The molecular formula is C23H20N6OS2. The molecule has 0 aliphatic heterocycles. The van der Waals surface area contributed by atoms with Crippen molar-refractivity contribution >= 4 is 34.2 Å². The van der Waals surface area contributed by atoms with E-state index in [1.807, 2.05) is 42.0 Å². The van der Waals surface area contributed by atoms with Gasteiger partial charge in [0.1, 0.15) is 22.0 Å². The fourth-order valence-electron chi connectivity index (χ4n) is 4.26. The van der Waals surface area contributed by atoms with Gasteiger partial charge in [0.05, 0.1) is 16.0 Å². The second kappa shape index (κ2) is 7.99. The zero-order chi connectivity index (χ0) is 21.5. The average Bonchev–Trinajstić information content (AvgIpc) is 3.61. The molecule has 0 atom stereocenters. The number of aromatic amines is 1. The first-order valence-corrected chi connectivity index (χ1v) is 12.3. The predicted octanol–water partition coefficient (Wildman–Crippen LogP) is 5.25. The van der Waals surface area contributed by atoms with Gasteiger partial charge in [-0.25, -0.2) is 9.97 Å². The van der Waals surface area contributed by atoms with E-state index in [0.29, 0.717) is 6.04 Å². The number of aromatic nitrogens is 5. The van der Waals surface area contributed by atoms with Crippen LogP contribution in [-0.2, 0) is 0 Å². The Kier molecular flexibility index (Phi) is 4.84. The Morgan fingerprint density at radius 2 is 2.06 bits per heavy atom. The van der Waals surface area contributed by atoms with Crippen LogP contribution in [0.25, 0.3) is 38.0 Å². The fourth-order valence-corrected chi connectivity index (χ4v) is 5.82. The van der Waals surface area contributed by atoms with E-state index in [0.717, 1.165) is 55.8 Å². The maximum Gasteiger partial charge on any atom is 0.261 e. The molecule has 1 fully saturated rings. The number of rotatable bonds is 5. The molecule has 1 saturated carbocycles. The molecule has 0 radical (unpaired) electrons. The number of carbonyl (C=O) groups is 1. The topological polar surface area (TPSA) is 88.0 Å². The number of nitrogens with zero attached hydrogens (tertiary/aromatic N) is 4. The minimum atomic E-state index is 0.0122. The molecule has 1 aliphatic rings. The number of imidazole rings is 1. The van der Waals surface area contributed by atoms with Crippen LogP contribution < -0.4 is 5.32 Å². The summed E-state index contributed by atoms with van der Waals surface area (Å²) in [6.07, 6.45) is 12.2. The number of H-pyrrole nitrogens is 1. The van der Waals surface area contributed by atoms with Crippen LogP contribution in [0, 0.1) is 0 Å². The molecule has 6 rings (SSSR count). The molecule has 32 heavy (non-hydrogen) atoms. The van der Waals surface area contributed by atoms with Crippen LogP contribution in [-0.4, -0.2) is 36.5 Å². The Labute approximate surface area is 192 Å². The van der Waals surface area contributed by atoms with E-state index in [9.17, 15) is 4.79 Å². The van der Waals surface area contributed by atoms with Crippen molar-refractivity contribution in [3.8, 4) is 32.4 Å². The van der Waals surface area contributed by atoms with Crippen LogP contribution in [0.5, 0.6) is 0 Å². The number of pyridine rings is 1. The lowest BCUT2D eigenvalue weighted by Crippen LogP contribution is -2.31. The summed E-state index contributed by atoms with van der Waals surface area (Å²) in [6.45, 7) is 0. The Morgan fingerprint density at radius 1 is 1.16 bits per heavy atom. The van der Waals surface area contributed by atoms with Gasteiger partial charge in [0.25, 0.3) is 5.91 Å². The average molecular weight is 461 g/mol. The molecule has 0 unspecified atom stereocenters. The quantitative estimate of drug-likeness (QED) is 0.375. The van der Waals surface area contributed by atoms with Gasteiger partial charge in [-0.15, -0.1) is 22.7 Å². The lowest BCUT2D eigenvalue weighted by Gasteiger charge is -2.10. The van der Waals surface area contributed by atoms with Gasteiger partial charge in [-0.1, -0.05) is 12.8 Å². The van der Waals surface area contributed by atoms with Crippen molar-refractivity contribution in [2.45, 2.75) is 31.7 Å².